The number of rotatable bonds is 6. The molecule has 2 amide bonds. The van der Waals surface area contributed by atoms with Crippen molar-refractivity contribution in [2.45, 2.75) is 52.6 Å². The van der Waals surface area contributed by atoms with Crippen molar-refractivity contribution >= 4 is 6.03 Å². The molecule has 0 aliphatic carbocycles. The first-order valence-electron chi connectivity index (χ1n) is 8.27. The van der Waals surface area contributed by atoms with E-state index in [0.717, 1.165) is 38.3 Å². The van der Waals surface area contributed by atoms with E-state index < -0.39 is 0 Å². The van der Waals surface area contributed by atoms with Crippen LogP contribution in [0.1, 0.15) is 51.5 Å². The van der Waals surface area contributed by atoms with Gasteiger partial charge in [-0.15, -0.1) is 0 Å². The largest absolute Gasteiger partial charge is 0.359 e. The second-order valence-corrected chi connectivity index (χ2v) is 6.14. The first kappa shape index (κ1) is 16.8. The fourth-order valence-corrected chi connectivity index (χ4v) is 2.92. The molecule has 0 bridgehead atoms. The summed E-state index contributed by atoms with van der Waals surface area (Å²) in [5.74, 6) is 1.04. The number of carbonyl (C=O) groups excluding carboxylic acids is 1. The highest BCUT2D eigenvalue weighted by Gasteiger charge is 2.29. The van der Waals surface area contributed by atoms with Crippen LogP contribution in [0.3, 0.4) is 0 Å². The Morgan fingerprint density at radius 1 is 1.50 bits per heavy atom. The van der Waals surface area contributed by atoms with Crippen LogP contribution in [0.2, 0.25) is 0 Å². The lowest BCUT2D eigenvalue weighted by atomic mass is 10.1. The summed E-state index contributed by atoms with van der Waals surface area (Å²) in [5.41, 5.74) is 0.923. The van der Waals surface area contributed by atoms with Gasteiger partial charge in [-0.3, -0.25) is 4.90 Å². The Kier molecular flexibility index (Phi) is 5.83. The summed E-state index contributed by atoms with van der Waals surface area (Å²) in [5, 5.41) is 6.93. The Bertz CT molecular complexity index is 482. The number of hydrogen-bond acceptors (Lipinski definition) is 4. The predicted molar refractivity (Wildman–Crippen MR) is 85.7 cm³/mol. The maximum absolute atomic E-state index is 12.2. The van der Waals surface area contributed by atoms with Gasteiger partial charge >= 0.3 is 6.03 Å². The Hall–Kier alpha value is -1.56. The highest BCUT2D eigenvalue weighted by Crippen LogP contribution is 2.16. The van der Waals surface area contributed by atoms with Gasteiger partial charge < -0.3 is 14.7 Å². The number of urea groups is 1. The number of carbonyl (C=O) groups is 1. The SMILES string of the molecule is CCN(CC)C1CCN(C(=O)NCc2cc(C(C)C)no2)C1. The minimum Gasteiger partial charge on any atom is -0.359 e. The van der Waals surface area contributed by atoms with Gasteiger partial charge in [-0.05, 0) is 25.4 Å². The maximum Gasteiger partial charge on any atom is 0.317 e. The van der Waals surface area contributed by atoms with Gasteiger partial charge in [-0.25, -0.2) is 4.79 Å². The van der Waals surface area contributed by atoms with E-state index in [9.17, 15) is 4.79 Å². The zero-order valence-corrected chi connectivity index (χ0v) is 14.1. The van der Waals surface area contributed by atoms with Crippen LogP contribution in [0.15, 0.2) is 10.6 Å². The minimum atomic E-state index is -0.0165. The topological polar surface area (TPSA) is 61.6 Å². The van der Waals surface area contributed by atoms with Crippen molar-refractivity contribution in [3.63, 3.8) is 0 Å². The summed E-state index contributed by atoms with van der Waals surface area (Å²) in [6.07, 6.45) is 1.05. The molecule has 1 atom stereocenters. The fraction of sp³-hybridized carbons (Fsp3) is 0.750. The minimum absolute atomic E-state index is 0.0165. The molecule has 1 aromatic rings. The number of nitrogens with one attached hydrogen (secondary N) is 1. The third kappa shape index (κ3) is 4.00. The molecule has 2 rings (SSSR count). The summed E-state index contributed by atoms with van der Waals surface area (Å²) in [6, 6.07) is 2.38. The number of amides is 2. The molecular weight excluding hydrogens is 280 g/mol. The van der Waals surface area contributed by atoms with E-state index in [1.54, 1.807) is 0 Å². The second-order valence-electron chi connectivity index (χ2n) is 6.14. The van der Waals surface area contributed by atoms with Gasteiger partial charge in [0.05, 0.1) is 12.2 Å². The van der Waals surface area contributed by atoms with Gasteiger partial charge in [0, 0.05) is 25.2 Å². The predicted octanol–water partition coefficient (Wildman–Crippen LogP) is 2.42. The molecule has 0 spiro atoms. The van der Waals surface area contributed by atoms with Crippen molar-refractivity contribution < 1.29 is 9.32 Å². The number of likely N-dealkylation sites (tertiary alicyclic amines) is 1. The highest BCUT2D eigenvalue weighted by atomic mass is 16.5. The van der Waals surface area contributed by atoms with Crippen molar-refractivity contribution in [1.82, 2.24) is 20.3 Å². The molecule has 2 heterocycles. The Morgan fingerprint density at radius 3 is 2.82 bits per heavy atom. The molecule has 1 saturated heterocycles. The molecule has 1 aliphatic rings. The van der Waals surface area contributed by atoms with Crippen molar-refractivity contribution in [3.8, 4) is 0 Å². The van der Waals surface area contributed by atoms with E-state index in [-0.39, 0.29) is 6.03 Å². The zero-order chi connectivity index (χ0) is 16.1. The number of hydrogen-bond donors (Lipinski definition) is 1. The van der Waals surface area contributed by atoms with Gasteiger partial charge in [0.1, 0.15) is 0 Å². The molecule has 124 valence electrons. The summed E-state index contributed by atoms with van der Waals surface area (Å²) in [6.45, 7) is 12.6. The molecule has 1 aromatic heterocycles. The number of nitrogens with zero attached hydrogens (tertiary/aromatic N) is 3. The second kappa shape index (κ2) is 7.63. The van der Waals surface area contributed by atoms with Crippen LogP contribution in [0.5, 0.6) is 0 Å². The van der Waals surface area contributed by atoms with Gasteiger partial charge in [0.2, 0.25) is 0 Å². The Labute approximate surface area is 132 Å². The quantitative estimate of drug-likeness (QED) is 0.877. The Balaban J connectivity index is 1.80. The van der Waals surface area contributed by atoms with Crippen LogP contribution in [-0.2, 0) is 6.54 Å². The number of aromatic nitrogens is 1. The van der Waals surface area contributed by atoms with Crippen molar-refractivity contribution in [2.24, 2.45) is 0 Å². The average molecular weight is 308 g/mol. The fourth-order valence-electron chi connectivity index (χ4n) is 2.92. The lowest BCUT2D eigenvalue weighted by molar-refractivity contribution is 0.191. The molecule has 1 unspecified atom stereocenters. The van der Waals surface area contributed by atoms with Crippen LogP contribution in [0, 0.1) is 0 Å². The molecule has 0 saturated carbocycles. The maximum atomic E-state index is 12.2. The first-order valence-corrected chi connectivity index (χ1v) is 8.27. The summed E-state index contributed by atoms with van der Waals surface area (Å²) < 4.78 is 5.24. The van der Waals surface area contributed by atoms with E-state index in [2.05, 4.69) is 43.1 Å². The van der Waals surface area contributed by atoms with Gasteiger partial charge in [-0.1, -0.05) is 32.9 Å². The molecular formula is C16H28N4O2. The summed E-state index contributed by atoms with van der Waals surface area (Å²) in [4.78, 5) is 16.5. The zero-order valence-electron chi connectivity index (χ0n) is 14.1. The monoisotopic (exact) mass is 308 g/mol. The van der Waals surface area contributed by atoms with Crippen LogP contribution in [0.4, 0.5) is 4.79 Å². The molecule has 1 N–H and O–H groups in total. The molecule has 6 nitrogen and oxygen atoms in total. The van der Waals surface area contributed by atoms with Crippen molar-refractivity contribution in [2.75, 3.05) is 26.2 Å². The van der Waals surface area contributed by atoms with Crippen LogP contribution in [-0.4, -0.2) is 53.2 Å². The third-order valence-electron chi connectivity index (χ3n) is 4.36. The molecule has 0 radical (unpaired) electrons. The van der Waals surface area contributed by atoms with E-state index in [1.165, 1.54) is 0 Å². The standard InChI is InChI=1S/C16H28N4O2/c1-5-19(6-2)13-7-8-20(11-13)16(21)17-10-14-9-15(12(3)4)18-22-14/h9,12-13H,5-8,10-11H2,1-4H3,(H,17,21). The van der Waals surface area contributed by atoms with Crippen LogP contribution in [0.25, 0.3) is 0 Å². The lowest BCUT2D eigenvalue weighted by Gasteiger charge is -2.26. The normalized spacial score (nSPS) is 18.5. The summed E-state index contributed by atoms with van der Waals surface area (Å²) in [7, 11) is 0. The van der Waals surface area contributed by atoms with E-state index in [1.807, 2.05) is 11.0 Å². The average Bonchev–Trinajstić information content (AvgIpc) is 3.15. The van der Waals surface area contributed by atoms with Crippen LogP contribution < -0.4 is 5.32 Å². The van der Waals surface area contributed by atoms with E-state index >= 15 is 0 Å². The molecule has 0 aromatic carbocycles. The van der Waals surface area contributed by atoms with Gasteiger partial charge in [0.15, 0.2) is 5.76 Å². The molecule has 6 heteroatoms. The Morgan fingerprint density at radius 2 is 2.23 bits per heavy atom. The van der Waals surface area contributed by atoms with Gasteiger partial charge in [-0.2, -0.15) is 0 Å². The van der Waals surface area contributed by atoms with Gasteiger partial charge in [0.25, 0.3) is 0 Å². The highest BCUT2D eigenvalue weighted by molar-refractivity contribution is 5.74. The molecule has 22 heavy (non-hydrogen) atoms. The van der Waals surface area contributed by atoms with Crippen LogP contribution >= 0.6 is 0 Å². The first-order chi connectivity index (χ1) is 10.5. The number of likely N-dealkylation sites (N-methyl/N-ethyl adjacent to an activating group) is 1. The summed E-state index contributed by atoms with van der Waals surface area (Å²) >= 11 is 0. The van der Waals surface area contributed by atoms with E-state index in [4.69, 9.17) is 4.52 Å². The molecule has 1 aliphatic heterocycles. The van der Waals surface area contributed by atoms with Crippen molar-refractivity contribution in [3.05, 3.63) is 17.5 Å². The molecule has 1 fully saturated rings. The van der Waals surface area contributed by atoms with E-state index in [0.29, 0.717) is 24.3 Å². The lowest BCUT2D eigenvalue weighted by Crippen LogP contribution is -2.42. The van der Waals surface area contributed by atoms with Crippen molar-refractivity contribution in [1.29, 1.82) is 0 Å². The smallest absolute Gasteiger partial charge is 0.317 e. The third-order valence-corrected chi connectivity index (χ3v) is 4.36.